The second kappa shape index (κ2) is 11.2. The van der Waals surface area contributed by atoms with E-state index in [0.717, 1.165) is 48.4 Å². The monoisotopic (exact) mass is 459 g/mol. The maximum Gasteiger partial charge on any atom is 0.253 e. The fraction of sp³-hybridized carbons (Fsp3) is 0.357. The molecule has 6 heteroatoms. The molecule has 1 aliphatic carbocycles. The molecule has 0 saturated heterocycles. The van der Waals surface area contributed by atoms with Crippen LogP contribution in [0.3, 0.4) is 0 Å². The van der Waals surface area contributed by atoms with Crippen LogP contribution in [0.1, 0.15) is 43.8 Å². The first kappa shape index (κ1) is 23.8. The predicted octanol–water partition coefficient (Wildman–Crippen LogP) is 5.26. The molecule has 1 heterocycles. The highest BCUT2D eigenvalue weighted by molar-refractivity contribution is 5.93. The van der Waals surface area contributed by atoms with E-state index in [1.165, 1.54) is 6.42 Å². The van der Waals surface area contributed by atoms with Crippen molar-refractivity contribution in [2.75, 3.05) is 7.05 Å². The van der Waals surface area contributed by atoms with E-state index in [9.17, 15) is 9.59 Å². The zero-order valence-electron chi connectivity index (χ0n) is 19.9. The van der Waals surface area contributed by atoms with Crippen molar-refractivity contribution in [1.82, 2.24) is 15.2 Å². The lowest BCUT2D eigenvalue weighted by Crippen LogP contribution is -2.53. The molecule has 0 unspecified atom stereocenters. The van der Waals surface area contributed by atoms with Crippen LogP contribution in [0.5, 0.6) is 11.5 Å². The topological polar surface area (TPSA) is 72.4 Å². The molecule has 2 atom stereocenters. The van der Waals surface area contributed by atoms with Crippen molar-refractivity contribution >= 4 is 11.8 Å². The molecular weight excluding hydrogens is 426 g/mol. The highest BCUT2D eigenvalue weighted by atomic mass is 16.5. The number of carbonyl (C=O) groups is 2. The Morgan fingerprint density at radius 1 is 0.912 bits per heavy atom. The molecule has 4 rings (SSSR count). The molecule has 2 aromatic carbocycles. The summed E-state index contributed by atoms with van der Waals surface area (Å²) >= 11 is 0. The molecule has 1 fully saturated rings. The largest absolute Gasteiger partial charge is 0.457 e. The van der Waals surface area contributed by atoms with Gasteiger partial charge in [0, 0.05) is 6.20 Å². The van der Waals surface area contributed by atoms with Gasteiger partial charge in [0.05, 0.1) is 11.7 Å². The average Bonchev–Trinajstić information content (AvgIpc) is 3.38. The zero-order chi connectivity index (χ0) is 23.9. The highest BCUT2D eigenvalue weighted by Gasteiger charge is 2.33. The number of para-hydroxylation sites is 1. The first-order chi connectivity index (χ1) is 16.6. The Morgan fingerprint density at radius 3 is 2.26 bits per heavy atom. The quantitative estimate of drug-likeness (QED) is 0.482. The van der Waals surface area contributed by atoms with Gasteiger partial charge in [-0.1, -0.05) is 37.5 Å². The van der Waals surface area contributed by atoms with Crippen LogP contribution in [0.4, 0.5) is 0 Å². The molecule has 1 aliphatic rings. The number of rotatable bonds is 8. The van der Waals surface area contributed by atoms with Crippen molar-refractivity contribution < 1.29 is 14.3 Å². The number of hydrogen-bond donors (Lipinski definition) is 2. The third kappa shape index (κ3) is 5.57. The summed E-state index contributed by atoms with van der Waals surface area (Å²) in [5.41, 5.74) is 1.71. The number of benzene rings is 2. The molecule has 6 nitrogen and oxygen atoms in total. The van der Waals surface area contributed by atoms with Crippen molar-refractivity contribution in [2.24, 2.45) is 5.92 Å². The molecule has 0 bridgehead atoms. The van der Waals surface area contributed by atoms with Gasteiger partial charge in [-0.25, -0.2) is 0 Å². The summed E-state index contributed by atoms with van der Waals surface area (Å²) in [6.45, 7) is 1.80. The minimum atomic E-state index is -0.546. The summed E-state index contributed by atoms with van der Waals surface area (Å²) < 4.78 is 7.57. The first-order valence-electron chi connectivity index (χ1n) is 12.1. The van der Waals surface area contributed by atoms with Gasteiger partial charge in [0.15, 0.2) is 0 Å². The Bertz CT molecular complexity index is 1090. The zero-order valence-corrected chi connectivity index (χ0v) is 19.9. The van der Waals surface area contributed by atoms with Crippen molar-refractivity contribution in [3.8, 4) is 22.8 Å². The van der Waals surface area contributed by atoms with E-state index in [2.05, 4.69) is 10.6 Å². The van der Waals surface area contributed by atoms with Crippen LogP contribution in [0.25, 0.3) is 11.3 Å². The summed E-state index contributed by atoms with van der Waals surface area (Å²) in [5.74, 6) is 1.41. The average molecular weight is 460 g/mol. The first-order valence-corrected chi connectivity index (χ1v) is 12.1. The molecule has 0 aliphatic heterocycles. The van der Waals surface area contributed by atoms with E-state index < -0.39 is 6.04 Å². The normalized spacial score (nSPS) is 15.9. The van der Waals surface area contributed by atoms with E-state index in [1.54, 1.807) is 24.7 Å². The number of aromatic nitrogens is 1. The lowest BCUT2D eigenvalue weighted by atomic mass is 9.83. The van der Waals surface area contributed by atoms with Crippen LogP contribution >= 0.6 is 0 Å². The van der Waals surface area contributed by atoms with Crippen molar-refractivity contribution in [2.45, 2.75) is 51.1 Å². The number of hydrogen-bond acceptors (Lipinski definition) is 4. The lowest BCUT2D eigenvalue weighted by Gasteiger charge is -2.31. The van der Waals surface area contributed by atoms with E-state index in [1.807, 2.05) is 66.7 Å². The Hall–Kier alpha value is -3.38. The van der Waals surface area contributed by atoms with Crippen molar-refractivity contribution in [3.05, 3.63) is 72.9 Å². The maximum absolute atomic E-state index is 13.8. The van der Waals surface area contributed by atoms with Crippen LogP contribution < -0.4 is 15.4 Å². The number of nitrogens with one attached hydrogen (secondary N) is 2. The molecule has 1 amide bonds. The SMILES string of the molecule is CN[C@@H](C)C(=O)N[C@H](C(=O)n1cccc1-c1ccc(Oc2ccccc2)cc1)C1CCCCC1. The molecule has 0 radical (unpaired) electrons. The number of amides is 1. The third-order valence-corrected chi connectivity index (χ3v) is 6.63. The molecule has 34 heavy (non-hydrogen) atoms. The van der Waals surface area contributed by atoms with Gasteiger partial charge in [-0.05, 0) is 86.8 Å². The summed E-state index contributed by atoms with van der Waals surface area (Å²) in [6, 6.07) is 20.2. The van der Waals surface area contributed by atoms with Gasteiger partial charge in [0.2, 0.25) is 5.91 Å². The Labute approximate surface area is 201 Å². The minimum Gasteiger partial charge on any atom is -0.457 e. The standard InChI is InChI=1S/C28H33N3O3/c1-20(29-2)27(32)30-26(22-10-5-3-6-11-22)28(33)31-19-9-14-25(31)21-15-17-24(18-16-21)34-23-12-7-4-8-13-23/h4,7-9,12-20,22,26,29H,3,5-6,10-11H2,1-2H3,(H,30,32)/t20-,26-/m0/s1. The van der Waals surface area contributed by atoms with Crippen LogP contribution in [0, 0.1) is 5.92 Å². The van der Waals surface area contributed by atoms with Gasteiger partial charge in [0.25, 0.3) is 5.91 Å². The summed E-state index contributed by atoms with van der Waals surface area (Å²) in [4.78, 5) is 26.5. The van der Waals surface area contributed by atoms with E-state index in [-0.39, 0.29) is 23.8 Å². The van der Waals surface area contributed by atoms with Gasteiger partial charge in [-0.15, -0.1) is 0 Å². The van der Waals surface area contributed by atoms with Gasteiger partial charge >= 0.3 is 0 Å². The highest BCUT2D eigenvalue weighted by Crippen LogP contribution is 2.30. The van der Waals surface area contributed by atoms with Crippen LogP contribution in [0.2, 0.25) is 0 Å². The molecule has 178 valence electrons. The fourth-order valence-electron chi connectivity index (χ4n) is 4.53. The van der Waals surface area contributed by atoms with Gasteiger partial charge < -0.3 is 15.4 Å². The van der Waals surface area contributed by atoms with Crippen molar-refractivity contribution in [1.29, 1.82) is 0 Å². The third-order valence-electron chi connectivity index (χ3n) is 6.63. The molecule has 2 N–H and O–H groups in total. The summed E-state index contributed by atoms with van der Waals surface area (Å²) in [6.07, 6.45) is 7.06. The number of nitrogens with zero attached hydrogens (tertiary/aromatic N) is 1. The van der Waals surface area contributed by atoms with Crippen molar-refractivity contribution in [3.63, 3.8) is 0 Å². The van der Waals surface area contributed by atoms with E-state index in [0.29, 0.717) is 0 Å². The lowest BCUT2D eigenvalue weighted by molar-refractivity contribution is -0.123. The molecule has 0 spiro atoms. The second-order valence-electron chi connectivity index (χ2n) is 8.94. The Kier molecular flexibility index (Phi) is 7.80. The van der Waals surface area contributed by atoms with E-state index in [4.69, 9.17) is 4.74 Å². The predicted molar refractivity (Wildman–Crippen MR) is 134 cm³/mol. The number of ether oxygens (including phenoxy) is 1. The Balaban J connectivity index is 1.56. The molecule has 1 aromatic heterocycles. The minimum absolute atomic E-state index is 0.0897. The van der Waals surface area contributed by atoms with Crippen LogP contribution in [-0.2, 0) is 4.79 Å². The fourth-order valence-corrected chi connectivity index (χ4v) is 4.53. The van der Waals surface area contributed by atoms with Gasteiger partial charge in [0.1, 0.15) is 17.5 Å². The number of carbonyl (C=O) groups excluding carboxylic acids is 2. The molecular formula is C28H33N3O3. The smallest absolute Gasteiger partial charge is 0.253 e. The summed E-state index contributed by atoms with van der Waals surface area (Å²) in [5, 5.41) is 6.01. The Morgan fingerprint density at radius 2 is 1.59 bits per heavy atom. The number of likely N-dealkylation sites (N-methyl/N-ethyl adjacent to an activating group) is 1. The van der Waals surface area contributed by atoms with Gasteiger partial charge in [-0.2, -0.15) is 0 Å². The van der Waals surface area contributed by atoms with Crippen LogP contribution in [0.15, 0.2) is 72.9 Å². The second-order valence-corrected chi connectivity index (χ2v) is 8.94. The van der Waals surface area contributed by atoms with E-state index >= 15 is 0 Å². The van der Waals surface area contributed by atoms with Crippen LogP contribution in [-0.4, -0.2) is 35.5 Å². The summed E-state index contributed by atoms with van der Waals surface area (Å²) in [7, 11) is 1.75. The maximum atomic E-state index is 13.8. The molecule has 1 saturated carbocycles. The van der Waals surface area contributed by atoms with Gasteiger partial charge in [-0.3, -0.25) is 14.2 Å². The molecule has 3 aromatic rings.